The van der Waals surface area contributed by atoms with Gasteiger partial charge in [-0.3, -0.25) is 4.90 Å². The van der Waals surface area contributed by atoms with Gasteiger partial charge in [0, 0.05) is 6.54 Å². The highest BCUT2D eigenvalue weighted by molar-refractivity contribution is 8.14. The third-order valence-corrected chi connectivity index (χ3v) is 3.19. The number of rotatable bonds is 0. The second-order valence-corrected chi connectivity index (χ2v) is 4.21. The van der Waals surface area contributed by atoms with Gasteiger partial charge in [-0.2, -0.15) is 0 Å². The molecule has 2 aliphatic rings. The topological polar surface area (TPSA) is 67.9 Å². The van der Waals surface area contributed by atoms with Gasteiger partial charge in [0.2, 0.25) is 0 Å². The van der Waals surface area contributed by atoms with Gasteiger partial charge in [0.15, 0.2) is 5.17 Å². The van der Waals surface area contributed by atoms with E-state index in [1.165, 1.54) is 18.9 Å². The molecule has 2 atom stereocenters. The van der Waals surface area contributed by atoms with E-state index in [9.17, 15) is 4.79 Å². The molecular formula is C8H11N3O2S. The average molecular weight is 213 g/mol. The molecule has 76 valence electrons. The van der Waals surface area contributed by atoms with Crippen molar-refractivity contribution in [1.82, 2.24) is 4.90 Å². The lowest BCUT2D eigenvalue weighted by Crippen LogP contribution is -2.45. The maximum Gasteiger partial charge on any atom is 0.411 e. The summed E-state index contributed by atoms with van der Waals surface area (Å²) in [6.07, 6.45) is 3.40. The molecule has 0 saturated carbocycles. The molecule has 0 radical (unpaired) electrons. The molecule has 0 aromatic carbocycles. The summed E-state index contributed by atoms with van der Waals surface area (Å²) in [6.45, 7) is 0.533. The summed E-state index contributed by atoms with van der Waals surface area (Å²) in [6, 6.07) is 0. The molecule has 2 aliphatic heterocycles. The monoisotopic (exact) mass is 213 g/mol. The van der Waals surface area contributed by atoms with E-state index in [0.717, 1.165) is 0 Å². The molecule has 2 heterocycles. The van der Waals surface area contributed by atoms with Gasteiger partial charge in [0.1, 0.15) is 6.17 Å². The SMILES string of the molecule is COC(=O)N1CC=C[C@@H]2SC(N)=N[C@@H]21. The van der Waals surface area contributed by atoms with Crippen molar-refractivity contribution in [2.75, 3.05) is 13.7 Å². The van der Waals surface area contributed by atoms with Crippen molar-refractivity contribution in [2.24, 2.45) is 10.7 Å². The Labute approximate surface area is 86.0 Å². The van der Waals surface area contributed by atoms with Crippen LogP contribution in [-0.2, 0) is 4.74 Å². The molecule has 1 amide bonds. The van der Waals surface area contributed by atoms with E-state index in [0.29, 0.717) is 11.7 Å². The molecular weight excluding hydrogens is 202 g/mol. The molecule has 0 bridgehead atoms. The lowest BCUT2D eigenvalue weighted by Gasteiger charge is -2.30. The van der Waals surface area contributed by atoms with Crippen molar-refractivity contribution in [3.8, 4) is 0 Å². The summed E-state index contributed by atoms with van der Waals surface area (Å²) >= 11 is 1.47. The van der Waals surface area contributed by atoms with Crippen LogP contribution in [-0.4, -0.2) is 41.2 Å². The van der Waals surface area contributed by atoms with Crippen LogP contribution < -0.4 is 5.73 Å². The molecule has 0 fully saturated rings. The number of fused-ring (bicyclic) bond motifs is 1. The van der Waals surface area contributed by atoms with E-state index in [1.54, 1.807) is 4.90 Å². The summed E-state index contributed by atoms with van der Waals surface area (Å²) in [4.78, 5) is 17.1. The van der Waals surface area contributed by atoms with E-state index in [2.05, 4.69) is 9.73 Å². The molecule has 0 unspecified atom stereocenters. The fourth-order valence-corrected chi connectivity index (χ4v) is 2.50. The van der Waals surface area contributed by atoms with E-state index in [-0.39, 0.29) is 17.5 Å². The Balaban J connectivity index is 2.20. The number of carbonyl (C=O) groups excluding carboxylic acids is 1. The highest BCUT2D eigenvalue weighted by atomic mass is 32.2. The molecule has 0 saturated heterocycles. The van der Waals surface area contributed by atoms with Crippen LogP contribution in [0.2, 0.25) is 0 Å². The largest absolute Gasteiger partial charge is 0.453 e. The van der Waals surface area contributed by atoms with Gasteiger partial charge in [0.25, 0.3) is 0 Å². The molecule has 0 aliphatic carbocycles. The number of amides is 1. The van der Waals surface area contributed by atoms with Gasteiger partial charge in [-0.1, -0.05) is 23.9 Å². The second kappa shape index (κ2) is 3.53. The zero-order valence-electron chi connectivity index (χ0n) is 7.71. The fourth-order valence-electron chi connectivity index (χ4n) is 1.54. The summed E-state index contributed by atoms with van der Waals surface area (Å²) in [5, 5.41) is 0.670. The highest BCUT2D eigenvalue weighted by Gasteiger charge is 2.36. The van der Waals surface area contributed by atoms with E-state index < -0.39 is 0 Å². The average Bonchev–Trinajstić information content (AvgIpc) is 2.56. The fraction of sp³-hybridized carbons (Fsp3) is 0.500. The van der Waals surface area contributed by atoms with Crippen LogP contribution >= 0.6 is 11.8 Å². The number of nitrogens with two attached hydrogens (primary N) is 1. The zero-order chi connectivity index (χ0) is 10.1. The van der Waals surface area contributed by atoms with Crippen LogP contribution in [0.5, 0.6) is 0 Å². The number of aliphatic imine (C=N–C) groups is 1. The lowest BCUT2D eigenvalue weighted by atomic mass is 10.2. The van der Waals surface area contributed by atoms with E-state index >= 15 is 0 Å². The van der Waals surface area contributed by atoms with Crippen molar-refractivity contribution in [2.45, 2.75) is 11.4 Å². The molecule has 6 heteroatoms. The maximum absolute atomic E-state index is 11.4. The summed E-state index contributed by atoms with van der Waals surface area (Å²) in [5.74, 6) is 0. The number of nitrogens with zero attached hydrogens (tertiary/aromatic N) is 2. The van der Waals surface area contributed by atoms with Crippen LogP contribution in [0.25, 0.3) is 0 Å². The first-order valence-electron chi connectivity index (χ1n) is 4.23. The number of ether oxygens (including phenoxy) is 1. The normalized spacial score (nSPS) is 29.8. The number of thioether (sulfide) groups is 1. The molecule has 5 nitrogen and oxygen atoms in total. The van der Waals surface area contributed by atoms with Crippen LogP contribution in [0, 0.1) is 0 Å². The van der Waals surface area contributed by atoms with Gasteiger partial charge in [-0.25, -0.2) is 9.79 Å². The molecule has 0 aromatic heterocycles. The minimum Gasteiger partial charge on any atom is -0.453 e. The number of methoxy groups -OCH3 is 1. The standard InChI is InChI=1S/C8H11N3O2S/c1-13-8(12)11-4-2-3-5-6(11)10-7(9)14-5/h2-3,5-6H,4H2,1H3,(H2,9,10)/t5-,6+/m0/s1. The van der Waals surface area contributed by atoms with E-state index in [1.807, 2.05) is 12.2 Å². The van der Waals surface area contributed by atoms with Gasteiger partial charge < -0.3 is 10.5 Å². The second-order valence-electron chi connectivity index (χ2n) is 3.01. The van der Waals surface area contributed by atoms with Gasteiger partial charge >= 0.3 is 6.09 Å². The van der Waals surface area contributed by atoms with Gasteiger partial charge in [-0.15, -0.1) is 0 Å². The summed E-state index contributed by atoms with van der Waals surface area (Å²) in [5.41, 5.74) is 5.60. The Morgan fingerprint density at radius 3 is 3.36 bits per heavy atom. The Morgan fingerprint density at radius 2 is 2.64 bits per heavy atom. The van der Waals surface area contributed by atoms with Crippen LogP contribution in [0.4, 0.5) is 4.79 Å². The predicted octanol–water partition coefficient (Wildman–Crippen LogP) is 0.381. The van der Waals surface area contributed by atoms with E-state index in [4.69, 9.17) is 5.73 Å². The minimum absolute atomic E-state index is 0.142. The number of hydrogen-bond acceptors (Lipinski definition) is 5. The van der Waals surface area contributed by atoms with Crippen molar-refractivity contribution >= 4 is 23.0 Å². The van der Waals surface area contributed by atoms with Gasteiger partial charge in [-0.05, 0) is 0 Å². The van der Waals surface area contributed by atoms with Crippen LogP contribution in [0.3, 0.4) is 0 Å². The minimum atomic E-state index is -0.358. The Morgan fingerprint density at radius 1 is 1.86 bits per heavy atom. The maximum atomic E-state index is 11.4. The van der Waals surface area contributed by atoms with Crippen molar-refractivity contribution in [3.63, 3.8) is 0 Å². The molecule has 14 heavy (non-hydrogen) atoms. The first-order chi connectivity index (χ1) is 6.72. The Hall–Kier alpha value is -1.17. The predicted molar refractivity (Wildman–Crippen MR) is 55.0 cm³/mol. The summed E-state index contributed by atoms with van der Waals surface area (Å²) in [7, 11) is 1.37. The lowest BCUT2D eigenvalue weighted by molar-refractivity contribution is 0.112. The Kier molecular flexibility index (Phi) is 2.37. The smallest absolute Gasteiger partial charge is 0.411 e. The highest BCUT2D eigenvalue weighted by Crippen LogP contribution is 2.31. The third kappa shape index (κ3) is 1.45. The molecule has 0 spiro atoms. The van der Waals surface area contributed by atoms with Crippen LogP contribution in [0.1, 0.15) is 0 Å². The first-order valence-corrected chi connectivity index (χ1v) is 5.11. The van der Waals surface area contributed by atoms with Crippen molar-refractivity contribution in [3.05, 3.63) is 12.2 Å². The zero-order valence-corrected chi connectivity index (χ0v) is 8.53. The quantitative estimate of drug-likeness (QED) is 0.591. The molecule has 0 aromatic rings. The summed E-state index contributed by atoms with van der Waals surface area (Å²) < 4.78 is 4.67. The first kappa shape index (κ1) is 9.39. The van der Waals surface area contributed by atoms with Gasteiger partial charge in [0.05, 0.1) is 12.4 Å². The van der Waals surface area contributed by atoms with Crippen molar-refractivity contribution in [1.29, 1.82) is 0 Å². The number of hydrogen-bond donors (Lipinski definition) is 1. The Bertz CT molecular complexity index is 316. The third-order valence-electron chi connectivity index (χ3n) is 2.17. The van der Waals surface area contributed by atoms with Crippen LogP contribution in [0.15, 0.2) is 17.1 Å². The number of carbonyl (C=O) groups is 1. The molecule has 2 rings (SSSR count). The molecule has 2 N–H and O–H groups in total. The van der Waals surface area contributed by atoms with Crippen molar-refractivity contribution < 1.29 is 9.53 Å². The number of amidine groups is 1.